The minimum absolute atomic E-state index is 0.00477. The minimum Gasteiger partial charge on any atom is -0.387 e. The fourth-order valence-corrected chi connectivity index (χ4v) is 1.61. The van der Waals surface area contributed by atoms with Crippen molar-refractivity contribution in [2.24, 2.45) is 0 Å². The summed E-state index contributed by atoms with van der Waals surface area (Å²) in [7, 11) is 4.02. The third-order valence-corrected chi connectivity index (χ3v) is 3.59. The van der Waals surface area contributed by atoms with E-state index in [0.717, 1.165) is 6.54 Å². The average molecular weight is 281 g/mol. The van der Waals surface area contributed by atoms with Crippen LogP contribution in [0.25, 0.3) is 0 Å². The summed E-state index contributed by atoms with van der Waals surface area (Å²) in [6.45, 7) is 5.37. The zero-order valence-electron chi connectivity index (χ0n) is 12.5. The Labute approximate surface area is 119 Å². The summed E-state index contributed by atoms with van der Waals surface area (Å²) in [6.07, 6.45) is -0.672. The molecule has 0 spiro atoms. The first-order valence-electron chi connectivity index (χ1n) is 6.54. The molecular weight excluding hydrogens is 258 g/mol. The molecule has 20 heavy (non-hydrogen) atoms. The Bertz CT molecular complexity index is 443. The molecule has 1 aromatic carbocycles. The first kappa shape index (κ1) is 16.6. The average Bonchev–Trinajstić information content (AvgIpc) is 2.38. The van der Waals surface area contributed by atoms with Crippen LogP contribution in [0.5, 0.6) is 0 Å². The fraction of sp³-hybridized carbons (Fsp3) is 0.571. The number of aliphatic hydroxyl groups excluding tert-OH is 1. The first-order valence-corrected chi connectivity index (χ1v) is 6.54. The van der Waals surface area contributed by atoms with Crippen LogP contribution in [0.2, 0.25) is 0 Å². The highest BCUT2D eigenvalue weighted by Gasteiger charge is 2.20. The molecule has 0 bridgehead atoms. The Hall–Kier alpha value is -1.50. The summed E-state index contributed by atoms with van der Waals surface area (Å²) in [5.74, 6) is 0. The van der Waals surface area contributed by atoms with Gasteiger partial charge in [0, 0.05) is 30.8 Å². The number of nitro benzene ring substituents is 1. The molecule has 0 fully saturated rings. The molecule has 1 atom stereocenters. The SMILES string of the molecule is CN(C)C(C)(C)CNCC(O)c1ccc([N+](=O)[O-])cc1. The third kappa shape index (κ3) is 4.56. The zero-order valence-corrected chi connectivity index (χ0v) is 12.5. The third-order valence-electron chi connectivity index (χ3n) is 3.59. The normalized spacial score (nSPS) is 13.5. The van der Waals surface area contributed by atoms with Crippen LogP contribution in [0.1, 0.15) is 25.5 Å². The van der Waals surface area contributed by atoms with Crippen LogP contribution in [0.3, 0.4) is 0 Å². The van der Waals surface area contributed by atoms with Crippen LogP contribution in [0.4, 0.5) is 5.69 Å². The van der Waals surface area contributed by atoms with E-state index in [-0.39, 0.29) is 11.2 Å². The van der Waals surface area contributed by atoms with E-state index >= 15 is 0 Å². The smallest absolute Gasteiger partial charge is 0.269 e. The van der Waals surface area contributed by atoms with E-state index in [0.29, 0.717) is 12.1 Å². The van der Waals surface area contributed by atoms with Crippen molar-refractivity contribution in [3.8, 4) is 0 Å². The van der Waals surface area contributed by atoms with Crippen molar-refractivity contribution < 1.29 is 10.0 Å². The molecule has 0 aromatic heterocycles. The highest BCUT2D eigenvalue weighted by molar-refractivity contribution is 5.33. The Kier molecular flexibility index (Phi) is 5.62. The summed E-state index contributed by atoms with van der Waals surface area (Å²) in [6, 6.07) is 5.98. The van der Waals surface area contributed by atoms with Crippen LogP contribution in [-0.2, 0) is 0 Å². The topological polar surface area (TPSA) is 78.6 Å². The molecule has 0 saturated heterocycles. The maximum Gasteiger partial charge on any atom is 0.269 e. The predicted molar refractivity (Wildman–Crippen MR) is 78.7 cm³/mol. The molecule has 1 aromatic rings. The van der Waals surface area contributed by atoms with Gasteiger partial charge >= 0.3 is 0 Å². The molecular formula is C14H23N3O3. The van der Waals surface area contributed by atoms with E-state index in [2.05, 4.69) is 24.1 Å². The highest BCUT2D eigenvalue weighted by Crippen LogP contribution is 2.17. The number of nitro groups is 1. The molecule has 0 aliphatic carbocycles. The molecule has 6 heteroatoms. The van der Waals surface area contributed by atoms with Crippen molar-refractivity contribution in [3.05, 3.63) is 39.9 Å². The van der Waals surface area contributed by atoms with Gasteiger partial charge in [0.2, 0.25) is 0 Å². The lowest BCUT2D eigenvalue weighted by Gasteiger charge is -2.33. The zero-order chi connectivity index (χ0) is 15.3. The Morgan fingerprint density at radius 2 is 1.90 bits per heavy atom. The Morgan fingerprint density at radius 1 is 1.35 bits per heavy atom. The second-order valence-corrected chi connectivity index (χ2v) is 5.70. The summed E-state index contributed by atoms with van der Waals surface area (Å²) in [4.78, 5) is 12.2. The van der Waals surface area contributed by atoms with Crippen LogP contribution in [-0.4, -0.2) is 47.7 Å². The van der Waals surface area contributed by atoms with Gasteiger partial charge in [-0.15, -0.1) is 0 Å². The lowest BCUT2D eigenvalue weighted by molar-refractivity contribution is -0.384. The lowest BCUT2D eigenvalue weighted by atomic mass is 10.0. The minimum atomic E-state index is -0.672. The number of nitrogens with zero attached hydrogens (tertiary/aromatic N) is 2. The van der Waals surface area contributed by atoms with Gasteiger partial charge in [0.05, 0.1) is 11.0 Å². The fourth-order valence-electron chi connectivity index (χ4n) is 1.61. The number of aliphatic hydroxyl groups is 1. The number of hydrogen-bond acceptors (Lipinski definition) is 5. The number of non-ortho nitro benzene ring substituents is 1. The van der Waals surface area contributed by atoms with Gasteiger partial charge in [0.1, 0.15) is 0 Å². The lowest BCUT2D eigenvalue weighted by Crippen LogP contribution is -2.47. The Morgan fingerprint density at radius 3 is 2.35 bits per heavy atom. The number of hydrogen-bond donors (Lipinski definition) is 2. The highest BCUT2D eigenvalue weighted by atomic mass is 16.6. The number of nitrogens with one attached hydrogen (secondary N) is 1. The van der Waals surface area contributed by atoms with Gasteiger partial charge in [0.15, 0.2) is 0 Å². The molecule has 112 valence electrons. The maximum atomic E-state index is 10.6. The largest absolute Gasteiger partial charge is 0.387 e. The molecule has 0 aliphatic heterocycles. The quantitative estimate of drug-likeness (QED) is 0.586. The maximum absolute atomic E-state index is 10.6. The van der Waals surface area contributed by atoms with Gasteiger partial charge < -0.3 is 15.3 Å². The molecule has 0 radical (unpaired) electrons. The summed E-state index contributed by atoms with van der Waals surface area (Å²) in [5.41, 5.74) is 0.697. The molecule has 6 nitrogen and oxygen atoms in total. The van der Waals surface area contributed by atoms with Crippen LogP contribution >= 0.6 is 0 Å². The van der Waals surface area contributed by atoms with E-state index in [4.69, 9.17) is 0 Å². The summed E-state index contributed by atoms with van der Waals surface area (Å²) >= 11 is 0. The van der Waals surface area contributed by atoms with Crippen LogP contribution < -0.4 is 5.32 Å². The second kappa shape index (κ2) is 6.78. The van der Waals surface area contributed by atoms with Crippen molar-refractivity contribution in [2.45, 2.75) is 25.5 Å². The Balaban J connectivity index is 2.51. The van der Waals surface area contributed by atoms with Crippen molar-refractivity contribution >= 4 is 5.69 Å². The molecule has 2 N–H and O–H groups in total. The number of likely N-dealkylation sites (N-methyl/N-ethyl adjacent to an activating group) is 1. The van der Waals surface area contributed by atoms with Crippen molar-refractivity contribution in [1.82, 2.24) is 10.2 Å². The molecule has 0 heterocycles. The van der Waals surface area contributed by atoms with Crippen LogP contribution in [0.15, 0.2) is 24.3 Å². The molecule has 0 amide bonds. The monoisotopic (exact) mass is 281 g/mol. The van der Waals surface area contributed by atoms with Crippen molar-refractivity contribution in [3.63, 3.8) is 0 Å². The molecule has 1 rings (SSSR count). The van der Waals surface area contributed by atoms with E-state index in [9.17, 15) is 15.2 Å². The van der Waals surface area contributed by atoms with Gasteiger partial charge in [-0.05, 0) is 45.6 Å². The van der Waals surface area contributed by atoms with Crippen molar-refractivity contribution in [1.29, 1.82) is 0 Å². The first-order chi connectivity index (χ1) is 9.24. The van der Waals surface area contributed by atoms with Crippen LogP contribution in [0, 0.1) is 10.1 Å². The number of benzene rings is 1. The van der Waals surface area contributed by atoms with Crippen molar-refractivity contribution in [2.75, 3.05) is 27.2 Å². The number of rotatable bonds is 7. The standard InChI is InChI=1S/C14H23N3O3/c1-14(2,16(3)4)10-15-9-13(18)11-5-7-12(8-6-11)17(19)20/h5-8,13,15,18H,9-10H2,1-4H3. The van der Waals surface area contributed by atoms with Gasteiger partial charge in [0.25, 0.3) is 5.69 Å². The van der Waals surface area contributed by atoms with Gasteiger partial charge in [-0.3, -0.25) is 10.1 Å². The molecule has 0 aliphatic rings. The predicted octanol–water partition coefficient (Wildman–Crippen LogP) is 1.56. The molecule has 1 unspecified atom stereocenters. The van der Waals surface area contributed by atoms with E-state index in [1.54, 1.807) is 12.1 Å². The summed E-state index contributed by atoms with van der Waals surface area (Å²) in [5, 5.41) is 23.8. The van der Waals surface area contributed by atoms with Gasteiger partial charge in [-0.2, -0.15) is 0 Å². The summed E-state index contributed by atoms with van der Waals surface area (Å²) < 4.78 is 0. The van der Waals surface area contributed by atoms with E-state index < -0.39 is 11.0 Å². The van der Waals surface area contributed by atoms with Gasteiger partial charge in [-0.25, -0.2) is 0 Å². The van der Waals surface area contributed by atoms with E-state index in [1.165, 1.54) is 12.1 Å². The molecule has 0 saturated carbocycles. The second-order valence-electron chi connectivity index (χ2n) is 5.70. The van der Waals surface area contributed by atoms with E-state index in [1.807, 2.05) is 14.1 Å². The van der Waals surface area contributed by atoms with Gasteiger partial charge in [-0.1, -0.05) is 0 Å².